The highest BCUT2D eigenvalue weighted by Gasteiger charge is 2.23. The van der Waals surface area contributed by atoms with Gasteiger partial charge in [-0.3, -0.25) is 4.90 Å². The van der Waals surface area contributed by atoms with Crippen LogP contribution in [0.2, 0.25) is 5.02 Å². The summed E-state index contributed by atoms with van der Waals surface area (Å²) in [6.07, 6.45) is 0. The molecule has 0 radical (unpaired) electrons. The molecule has 0 saturated carbocycles. The van der Waals surface area contributed by atoms with Gasteiger partial charge in [-0.15, -0.1) is 0 Å². The molecule has 1 aromatic heterocycles. The van der Waals surface area contributed by atoms with Crippen molar-refractivity contribution in [3.05, 3.63) is 77.6 Å². The molecule has 0 spiro atoms. The number of halogens is 1. The number of amides is 2. The maximum Gasteiger partial charge on any atom is 0.321 e. The number of rotatable bonds is 4. The highest BCUT2D eigenvalue weighted by Crippen LogP contribution is 2.26. The number of aromatic nitrogens is 2. The van der Waals surface area contributed by atoms with Crippen molar-refractivity contribution >= 4 is 34.1 Å². The fourth-order valence-electron chi connectivity index (χ4n) is 3.90. The molecule has 0 aliphatic carbocycles. The quantitative estimate of drug-likeness (QED) is 0.482. The third-order valence-electron chi connectivity index (χ3n) is 5.63. The van der Waals surface area contributed by atoms with Crippen molar-refractivity contribution in [1.29, 1.82) is 0 Å². The third kappa shape index (κ3) is 4.30. The Morgan fingerprint density at radius 2 is 1.72 bits per heavy atom. The fourth-order valence-corrected chi connectivity index (χ4v) is 4.12. The molecule has 0 unspecified atom stereocenters. The zero-order chi connectivity index (χ0) is 21.9. The first-order chi connectivity index (χ1) is 15.7. The van der Waals surface area contributed by atoms with Gasteiger partial charge in [-0.05, 0) is 23.6 Å². The van der Waals surface area contributed by atoms with Crippen molar-refractivity contribution in [2.45, 2.75) is 6.54 Å². The van der Waals surface area contributed by atoms with Gasteiger partial charge >= 0.3 is 6.03 Å². The first-order valence-corrected chi connectivity index (χ1v) is 10.9. The van der Waals surface area contributed by atoms with Crippen LogP contribution in [0.4, 0.5) is 10.5 Å². The minimum absolute atomic E-state index is 0.0819. The van der Waals surface area contributed by atoms with E-state index in [0.717, 1.165) is 35.1 Å². The standard InChI is InChI=1S/C24H22ClN5O2/c25-20-10-4-3-9-19(20)23-27-22(28-32-23)16-29-12-14-30(15-13-29)24(31)26-21-11-5-7-17-6-1-2-8-18(17)21/h1-11H,12-16H2,(H,26,31). The van der Waals surface area contributed by atoms with E-state index in [1.54, 1.807) is 6.07 Å². The van der Waals surface area contributed by atoms with E-state index in [2.05, 4.69) is 20.4 Å². The lowest BCUT2D eigenvalue weighted by Gasteiger charge is -2.34. The molecule has 7 nitrogen and oxygen atoms in total. The summed E-state index contributed by atoms with van der Waals surface area (Å²) in [5, 5.41) is 9.87. The van der Waals surface area contributed by atoms with Crippen molar-refractivity contribution in [1.82, 2.24) is 19.9 Å². The molecule has 5 rings (SSSR count). The first-order valence-electron chi connectivity index (χ1n) is 10.5. The first kappa shape index (κ1) is 20.5. The van der Waals surface area contributed by atoms with Gasteiger partial charge in [0.1, 0.15) is 0 Å². The van der Waals surface area contributed by atoms with Crippen LogP contribution in [-0.2, 0) is 6.54 Å². The van der Waals surface area contributed by atoms with E-state index in [1.165, 1.54) is 0 Å². The van der Waals surface area contributed by atoms with Crippen LogP contribution in [0.1, 0.15) is 5.82 Å². The number of carbonyl (C=O) groups is 1. The Labute approximate surface area is 190 Å². The Balaban J connectivity index is 1.18. The molecule has 0 atom stereocenters. The molecule has 162 valence electrons. The summed E-state index contributed by atoms with van der Waals surface area (Å²) in [7, 11) is 0. The number of hydrogen-bond donors (Lipinski definition) is 1. The highest BCUT2D eigenvalue weighted by atomic mass is 35.5. The van der Waals surface area contributed by atoms with Gasteiger partial charge < -0.3 is 14.7 Å². The van der Waals surface area contributed by atoms with E-state index in [-0.39, 0.29) is 6.03 Å². The summed E-state index contributed by atoms with van der Waals surface area (Å²) < 4.78 is 5.39. The number of fused-ring (bicyclic) bond motifs is 1. The Morgan fingerprint density at radius 1 is 0.969 bits per heavy atom. The van der Waals surface area contributed by atoms with Crippen LogP contribution in [0.5, 0.6) is 0 Å². The smallest absolute Gasteiger partial charge is 0.321 e. The lowest BCUT2D eigenvalue weighted by molar-refractivity contribution is 0.140. The molecule has 4 aromatic rings. The summed E-state index contributed by atoms with van der Waals surface area (Å²) in [6, 6.07) is 21.3. The van der Waals surface area contributed by atoms with Crippen LogP contribution in [0, 0.1) is 0 Å². The van der Waals surface area contributed by atoms with Crippen LogP contribution in [0.15, 0.2) is 71.3 Å². The average Bonchev–Trinajstić information content (AvgIpc) is 3.28. The molecule has 8 heteroatoms. The lowest BCUT2D eigenvalue weighted by atomic mass is 10.1. The molecule has 3 aromatic carbocycles. The van der Waals surface area contributed by atoms with Crippen molar-refractivity contribution in [2.75, 3.05) is 31.5 Å². The fraction of sp³-hybridized carbons (Fsp3) is 0.208. The number of nitrogens with one attached hydrogen (secondary N) is 1. The molecular formula is C24H22ClN5O2. The Bertz CT molecular complexity index is 1240. The lowest BCUT2D eigenvalue weighted by Crippen LogP contribution is -2.49. The molecule has 32 heavy (non-hydrogen) atoms. The number of carbonyl (C=O) groups excluding carboxylic acids is 1. The molecule has 2 heterocycles. The maximum atomic E-state index is 12.8. The maximum absolute atomic E-state index is 12.8. The summed E-state index contributed by atoms with van der Waals surface area (Å²) in [5.41, 5.74) is 1.55. The molecule has 1 N–H and O–H groups in total. The zero-order valence-electron chi connectivity index (χ0n) is 17.4. The van der Waals surface area contributed by atoms with Crippen molar-refractivity contribution in [2.24, 2.45) is 0 Å². The second-order valence-electron chi connectivity index (χ2n) is 7.72. The van der Waals surface area contributed by atoms with E-state index in [1.807, 2.05) is 65.6 Å². The Kier molecular flexibility index (Phi) is 5.75. The van der Waals surface area contributed by atoms with Crippen molar-refractivity contribution < 1.29 is 9.32 Å². The Morgan fingerprint density at radius 3 is 2.56 bits per heavy atom. The second kappa shape index (κ2) is 8.98. The normalized spacial score (nSPS) is 14.6. The monoisotopic (exact) mass is 447 g/mol. The number of piperazine rings is 1. The number of anilines is 1. The minimum Gasteiger partial charge on any atom is -0.334 e. The van der Waals surface area contributed by atoms with Gasteiger partial charge in [0.2, 0.25) is 0 Å². The topological polar surface area (TPSA) is 74.5 Å². The molecular weight excluding hydrogens is 426 g/mol. The number of urea groups is 1. The molecule has 0 bridgehead atoms. The molecule has 1 aliphatic rings. The van der Waals surface area contributed by atoms with Gasteiger partial charge in [0, 0.05) is 31.6 Å². The number of hydrogen-bond acceptors (Lipinski definition) is 5. The van der Waals surface area contributed by atoms with Gasteiger partial charge in [-0.25, -0.2) is 4.79 Å². The van der Waals surface area contributed by atoms with Gasteiger partial charge in [0.05, 0.1) is 22.8 Å². The van der Waals surface area contributed by atoms with E-state index < -0.39 is 0 Å². The van der Waals surface area contributed by atoms with Crippen LogP contribution in [0.3, 0.4) is 0 Å². The highest BCUT2D eigenvalue weighted by molar-refractivity contribution is 6.33. The minimum atomic E-state index is -0.0819. The van der Waals surface area contributed by atoms with Gasteiger partial charge in [-0.1, -0.05) is 65.3 Å². The number of benzene rings is 3. The zero-order valence-corrected chi connectivity index (χ0v) is 18.1. The van der Waals surface area contributed by atoms with E-state index in [0.29, 0.717) is 36.4 Å². The second-order valence-corrected chi connectivity index (χ2v) is 8.12. The largest absolute Gasteiger partial charge is 0.334 e. The van der Waals surface area contributed by atoms with Gasteiger partial charge in [0.15, 0.2) is 5.82 Å². The van der Waals surface area contributed by atoms with Gasteiger partial charge in [-0.2, -0.15) is 4.98 Å². The molecule has 1 fully saturated rings. The predicted octanol–water partition coefficient (Wildman–Crippen LogP) is 4.89. The van der Waals surface area contributed by atoms with Gasteiger partial charge in [0.25, 0.3) is 5.89 Å². The van der Waals surface area contributed by atoms with E-state index in [4.69, 9.17) is 16.1 Å². The summed E-state index contributed by atoms with van der Waals surface area (Å²) in [4.78, 5) is 21.3. The van der Waals surface area contributed by atoms with Crippen molar-refractivity contribution in [3.8, 4) is 11.5 Å². The Hall–Kier alpha value is -3.42. The van der Waals surface area contributed by atoms with Crippen LogP contribution >= 0.6 is 11.6 Å². The average molecular weight is 448 g/mol. The summed E-state index contributed by atoms with van der Waals surface area (Å²) >= 11 is 6.21. The predicted molar refractivity (Wildman–Crippen MR) is 125 cm³/mol. The molecule has 1 aliphatic heterocycles. The molecule has 2 amide bonds. The third-order valence-corrected chi connectivity index (χ3v) is 5.96. The van der Waals surface area contributed by atoms with E-state index in [9.17, 15) is 4.79 Å². The summed E-state index contributed by atoms with van der Waals surface area (Å²) in [5.74, 6) is 1.02. The SMILES string of the molecule is O=C(Nc1cccc2ccccc12)N1CCN(Cc2noc(-c3ccccc3Cl)n2)CC1. The van der Waals surface area contributed by atoms with Crippen LogP contribution in [0.25, 0.3) is 22.2 Å². The van der Waals surface area contributed by atoms with E-state index >= 15 is 0 Å². The molecule has 1 saturated heterocycles. The van der Waals surface area contributed by atoms with Crippen molar-refractivity contribution in [3.63, 3.8) is 0 Å². The number of nitrogens with zero attached hydrogens (tertiary/aromatic N) is 4. The van der Waals surface area contributed by atoms with Crippen LogP contribution in [-0.4, -0.2) is 52.2 Å². The summed E-state index contributed by atoms with van der Waals surface area (Å²) in [6.45, 7) is 3.29. The van der Waals surface area contributed by atoms with Crippen LogP contribution < -0.4 is 5.32 Å².